The largest absolute Gasteiger partial charge is 0.469 e. The summed E-state index contributed by atoms with van der Waals surface area (Å²) in [6.07, 6.45) is -0.556. The van der Waals surface area contributed by atoms with Crippen molar-refractivity contribution < 1.29 is 19.1 Å². The summed E-state index contributed by atoms with van der Waals surface area (Å²) in [7, 11) is 2.04. The van der Waals surface area contributed by atoms with E-state index in [1.807, 2.05) is 11.9 Å². The molecule has 2 N–H and O–H groups in total. The van der Waals surface area contributed by atoms with E-state index in [-0.39, 0.29) is 18.2 Å². The van der Waals surface area contributed by atoms with Gasteiger partial charge in [0.1, 0.15) is 5.75 Å². The Labute approximate surface area is 139 Å². The molecule has 0 aliphatic carbocycles. The molecule has 128 valence electrons. The van der Waals surface area contributed by atoms with Crippen molar-refractivity contribution in [1.29, 1.82) is 0 Å². The fourth-order valence-corrected chi connectivity index (χ4v) is 2.77. The summed E-state index contributed by atoms with van der Waals surface area (Å²) in [6, 6.07) is 5.87. The Hall–Kier alpha value is -2.61. The van der Waals surface area contributed by atoms with Crippen LogP contribution in [0.25, 0.3) is 0 Å². The number of β-lactam (4-membered cyclic amide) rings is 1. The maximum absolute atomic E-state index is 12.4. The van der Waals surface area contributed by atoms with Gasteiger partial charge < -0.3 is 20.3 Å². The van der Waals surface area contributed by atoms with Gasteiger partial charge in [-0.15, -0.1) is 0 Å². The van der Waals surface area contributed by atoms with Crippen LogP contribution in [0.1, 0.15) is 16.8 Å². The average molecular weight is 332 g/mol. The molecular weight excluding hydrogens is 312 g/mol. The molecule has 3 rings (SSSR count). The number of amides is 4. The number of hydrogen-bond acceptors (Lipinski definition) is 5. The third kappa shape index (κ3) is 3.18. The van der Waals surface area contributed by atoms with Crippen LogP contribution in [0.5, 0.6) is 5.75 Å². The molecule has 24 heavy (non-hydrogen) atoms. The molecule has 1 aromatic rings. The first-order valence-electron chi connectivity index (χ1n) is 7.82. The molecule has 8 nitrogen and oxygen atoms in total. The van der Waals surface area contributed by atoms with Crippen molar-refractivity contribution in [2.45, 2.75) is 12.6 Å². The lowest BCUT2D eigenvalue weighted by atomic mass is 10.1. The molecule has 2 saturated heterocycles. The molecule has 1 aromatic carbocycles. The molecule has 4 amide bonds. The number of ether oxygens (including phenoxy) is 1. The van der Waals surface area contributed by atoms with Gasteiger partial charge in [-0.2, -0.15) is 0 Å². The Morgan fingerprint density at radius 2 is 1.75 bits per heavy atom. The summed E-state index contributed by atoms with van der Waals surface area (Å²) in [5, 5.41) is 0. The molecule has 2 fully saturated rings. The molecule has 2 aliphatic heterocycles. The Morgan fingerprint density at radius 3 is 2.29 bits per heavy atom. The molecule has 0 radical (unpaired) electrons. The lowest BCUT2D eigenvalue weighted by Crippen LogP contribution is -2.60. The molecule has 0 aromatic heterocycles. The van der Waals surface area contributed by atoms with E-state index in [4.69, 9.17) is 10.5 Å². The summed E-state index contributed by atoms with van der Waals surface area (Å²) < 4.78 is 5.56. The molecule has 0 saturated carbocycles. The normalized spacial score (nSPS) is 21.4. The molecule has 0 spiro atoms. The van der Waals surface area contributed by atoms with Crippen molar-refractivity contribution in [3.8, 4) is 5.75 Å². The number of nitrogens with zero attached hydrogens (tertiary/aromatic N) is 3. The minimum absolute atomic E-state index is 0.00719. The van der Waals surface area contributed by atoms with Crippen molar-refractivity contribution in [3.05, 3.63) is 29.8 Å². The first-order chi connectivity index (χ1) is 11.5. The number of carbonyl (C=O) groups excluding carboxylic acids is 3. The van der Waals surface area contributed by atoms with E-state index in [1.165, 1.54) is 0 Å². The molecule has 0 bridgehead atoms. The van der Waals surface area contributed by atoms with E-state index in [0.29, 0.717) is 24.4 Å². The zero-order chi connectivity index (χ0) is 17.3. The second-order valence-electron chi connectivity index (χ2n) is 6.00. The Bertz CT molecular complexity index is 645. The number of likely N-dealkylation sites (N-methyl/N-ethyl adjacent to an activating group) is 1. The van der Waals surface area contributed by atoms with Crippen LogP contribution in [-0.2, 0) is 4.79 Å². The number of benzene rings is 1. The van der Waals surface area contributed by atoms with Crippen LogP contribution < -0.4 is 10.5 Å². The van der Waals surface area contributed by atoms with Gasteiger partial charge in [0, 0.05) is 31.7 Å². The van der Waals surface area contributed by atoms with Crippen LogP contribution in [0.2, 0.25) is 0 Å². The third-order valence-corrected chi connectivity index (χ3v) is 4.31. The highest BCUT2D eigenvalue weighted by molar-refractivity contribution is 5.98. The molecule has 1 unspecified atom stereocenters. The Kier molecular flexibility index (Phi) is 4.39. The second-order valence-corrected chi connectivity index (χ2v) is 6.00. The number of likely N-dealkylation sites (tertiary alicyclic amines) is 1. The second kappa shape index (κ2) is 6.48. The molecule has 2 heterocycles. The lowest BCUT2D eigenvalue weighted by molar-refractivity contribution is -0.152. The fourth-order valence-electron chi connectivity index (χ4n) is 2.77. The minimum atomic E-state index is -0.821. The topological polar surface area (TPSA) is 96.2 Å². The SMILES string of the molecule is CN1CCN(C(=O)c2ccc(OC3CC(=O)N3C(N)=O)cc2)CC1. The van der Waals surface area contributed by atoms with Crippen LogP contribution in [0, 0.1) is 0 Å². The summed E-state index contributed by atoms with van der Waals surface area (Å²) in [4.78, 5) is 39.8. The van der Waals surface area contributed by atoms with Crippen molar-refractivity contribution >= 4 is 17.8 Å². The van der Waals surface area contributed by atoms with Gasteiger partial charge in [0.15, 0.2) is 6.23 Å². The summed E-state index contributed by atoms with van der Waals surface area (Å²) >= 11 is 0. The number of imide groups is 1. The van der Waals surface area contributed by atoms with Crippen LogP contribution in [-0.4, -0.2) is 72.0 Å². The summed E-state index contributed by atoms with van der Waals surface area (Å²) in [5.74, 6) is 0.121. The van der Waals surface area contributed by atoms with Crippen LogP contribution in [0.4, 0.5) is 4.79 Å². The van der Waals surface area contributed by atoms with Crippen molar-refractivity contribution in [2.75, 3.05) is 33.2 Å². The van der Waals surface area contributed by atoms with Crippen LogP contribution in [0.3, 0.4) is 0 Å². The maximum atomic E-state index is 12.4. The molecule has 2 aliphatic rings. The predicted octanol–water partition coefficient (Wildman–Crippen LogP) is 0.0901. The summed E-state index contributed by atoms with van der Waals surface area (Å²) in [5.41, 5.74) is 5.71. The van der Waals surface area contributed by atoms with E-state index in [9.17, 15) is 14.4 Å². The standard InChI is InChI=1S/C16H20N4O4/c1-18-6-8-19(9-7-18)15(22)11-2-4-12(5-3-11)24-14-10-13(21)20(14)16(17)23/h2-5,14H,6-10H2,1H3,(H2,17,23). The molecule has 8 heteroatoms. The lowest BCUT2D eigenvalue weighted by Gasteiger charge is -2.36. The zero-order valence-corrected chi connectivity index (χ0v) is 13.5. The number of carbonyl (C=O) groups is 3. The predicted molar refractivity (Wildman–Crippen MR) is 85.3 cm³/mol. The summed E-state index contributed by atoms with van der Waals surface area (Å²) in [6.45, 7) is 3.16. The van der Waals surface area contributed by atoms with Gasteiger partial charge in [0.2, 0.25) is 5.91 Å². The monoisotopic (exact) mass is 332 g/mol. The third-order valence-electron chi connectivity index (χ3n) is 4.31. The highest BCUT2D eigenvalue weighted by Gasteiger charge is 2.41. The van der Waals surface area contributed by atoms with E-state index in [2.05, 4.69) is 4.90 Å². The van der Waals surface area contributed by atoms with Gasteiger partial charge in [-0.05, 0) is 31.3 Å². The van der Waals surface area contributed by atoms with Gasteiger partial charge >= 0.3 is 6.03 Å². The number of urea groups is 1. The van der Waals surface area contributed by atoms with Gasteiger partial charge in [-0.25, -0.2) is 9.69 Å². The number of rotatable bonds is 3. The van der Waals surface area contributed by atoms with Gasteiger partial charge in [-0.1, -0.05) is 0 Å². The maximum Gasteiger partial charge on any atom is 0.324 e. The first kappa shape index (κ1) is 16.3. The van der Waals surface area contributed by atoms with Crippen molar-refractivity contribution in [1.82, 2.24) is 14.7 Å². The van der Waals surface area contributed by atoms with Crippen molar-refractivity contribution in [3.63, 3.8) is 0 Å². The zero-order valence-electron chi connectivity index (χ0n) is 13.5. The highest BCUT2D eigenvalue weighted by atomic mass is 16.5. The van der Waals surface area contributed by atoms with E-state index in [1.54, 1.807) is 24.3 Å². The number of primary amides is 1. The average Bonchev–Trinajstić information content (AvgIpc) is 2.54. The van der Waals surface area contributed by atoms with E-state index in [0.717, 1.165) is 18.0 Å². The van der Waals surface area contributed by atoms with Gasteiger partial charge in [-0.3, -0.25) is 9.59 Å². The number of hydrogen-bond donors (Lipinski definition) is 1. The van der Waals surface area contributed by atoms with Gasteiger partial charge in [0.05, 0.1) is 6.42 Å². The van der Waals surface area contributed by atoms with E-state index >= 15 is 0 Å². The molecular formula is C16H20N4O4. The Balaban J connectivity index is 1.60. The molecule has 1 atom stereocenters. The van der Waals surface area contributed by atoms with E-state index < -0.39 is 12.3 Å². The minimum Gasteiger partial charge on any atom is -0.469 e. The number of piperazine rings is 1. The highest BCUT2D eigenvalue weighted by Crippen LogP contribution is 2.24. The van der Waals surface area contributed by atoms with Crippen LogP contribution in [0.15, 0.2) is 24.3 Å². The van der Waals surface area contributed by atoms with Crippen LogP contribution >= 0.6 is 0 Å². The fraction of sp³-hybridized carbons (Fsp3) is 0.438. The smallest absolute Gasteiger partial charge is 0.324 e. The van der Waals surface area contributed by atoms with Crippen molar-refractivity contribution in [2.24, 2.45) is 5.73 Å². The first-order valence-corrected chi connectivity index (χ1v) is 7.82. The van der Waals surface area contributed by atoms with Gasteiger partial charge in [0.25, 0.3) is 5.91 Å². The quantitative estimate of drug-likeness (QED) is 0.792. The number of nitrogens with two attached hydrogens (primary N) is 1. The Morgan fingerprint density at radius 1 is 1.12 bits per heavy atom.